The number of nitrogens with zero attached hydrogens (tertiary/aromatic N) is 1. The van der Waals surface area contributed by atoms with Gasteiger partial charge in [-0.2, -0.15) is 0 Å². The van der Waals surface area contributed by atoms with Gasteiger partial charge in [-0.15, -0.1) is 0 Å². The normalized spacial score (nSPS) is 13.4. The molecule has 0 aliphatic rings. The number of imidazole rings is 1. The summed E-state index contributed by atoms with van der Waals surface area (Å²) in [5.41, 5.74) is 7.38. The number of aromatic amines is 1. The standard InChI is InChI=1S/C9H9BrClN3/c1-4(12)9-13-7-5(10)2-3-6(11)8(7)14-9/h2-4H,12H2,1H3,(H,13,14)/t4-/m1/s1. The van der Waals surface area contributed by atoms with Crippen molar-refractivity contribution in [2.45, 2.75) is 13.0 Å². The zero-order valence-electron chi connectivity index (χ0n) is 7.51. The number of nitrogens with one attached hydrogen (secondary N) is 1. The van der Waals surface area contributed by atoms with Crippen molar-refractivity contribution >= 4 is 38.6 Å². The SMILES string of the molecule is C[C@@H](N)c1nc2c(Cl)ccc(Br)c2[nH]1. The number of hydrogen-bond donors (Lipinski definition) is 2. The molecule has 0 aliphatic carbocycles. The molecule has 0 saturated heterocycles. The molecule has 14 heavy (non-hydrogen) atoms. The van der Waals surface area contributed by atoms with Crippen molar-refractivity contribution in [3.63, 3.8) is 0 Å². The second kappa shape index (κ2) is 3.53. The number of hydrogen-bond acceptors (Lipinski definition) is 2. The quantitative estimate of drug-likeness (QED) is 0.840. The van der Waals surface area contributed by atoms with E-state index in [0.717, 1.165) is 21.3 Å². The van der Waals surface area contributed by atoms with Gasteiger partial charge < -0.3 is 10.7 Å². The summed E-state index contributed by atoms with van der Waals surface area (Å²) in [7, 11) is 0. The maximum atomic E-state index is 6.00. The number of benzene rings is 1. The summed E-state index contributed by atoms with van der Waals surface area (Å²) in [6.45, 7) is 1.87. The molecule has 2 rings (SSSR count). The van der Waals surface area contributed by atoms with E-state index in [9.17, 15) is 0 Å². The molecule has 0 amide bonds. The maximum absolute atomic E-state index is 6.00. The Morgan fingerprint density at radius 3 is 2.86 bits per heavy atom. The van der Waals surface area contributed by atoms with Crippen LogP contribution < -0.4 is 5.73 Å². The van der Waals surface area contributed by atoms with Crippen LogP contribution >= 0.6 is 27.5 Å². The van der Waals surface area contributed by atoms with Crippen molar-refractivity contribution in [3.05, 3.63) is 27.5 Å². The summed E-state index contributed by atoms with van der Waals surface area (Å²) >= 11 is 9.43. The van der Waals surface area contributed by atoms with Gasteiger partial charge in [0.1, 0.15) is 11.3 Å². The molecular formula is C9H9BrClN3. The Bertz CT molecular complexity index is 439. The second-order valence-electron chi connectivity index (χ2n) is 3.16. The highest BCUT2D eigenvalue weighted by Crippen LogP contribution is 2.28. The Morgan fingerprint density at radius 2 is 2.29 bits per heavy atom. The van der Waals surface area contributed by atoms with Gasteiger partial charge in [-0.3, -0.25) is 0 Å². The van der Waals surface area contributed by atoms with Crippen molar-refractivity contribution in [3.8, 4) is 0 Å². The summed E-state index contributed by atoms with van der Waals surface area (Å²) in [4.78, 5) is 7.47. The monoisotopic (exact) mass is 273 g/mol. The molecule has 0 radical (unpaired) electrons. The third-order valence-corrected chi connectivity index (χ3v) is 2.96. The number of nitrogens with two attached hydrogens (primary N) is 1. The first-order valence-corrected chi connectivity index (χ1v) is 5.36. The minimum Gasteiger partial charge on any atom is -0.340 e. The van der Waals surface area contributed by atoms with Gasteiger partial charge in [-0.25, -0.2) is 4.98 Å². The molecule has 0 aliphatic heterocycles. The lowest BCUT2D eigenvalue weighted by Crippen LogP contribution is -2.06. The fourth-order valence-corrected chi connectivity index (χ4v) is 1.88. The van der Waals surface area contributed by atoms with Crippen LogP contribution in [-0.4, -0.2) is 9.97 Å². The molecule has 1 atom stereocenters. The summed E-state index contributed by atoms with van der Waals surface area (Å²) in [6, 6.07) is 3.57. The smallest absolute Gasteiger partial charge is 0.124 e. The van der Waals surface area contributed by atoms with Crippen molar-refractivity contribution in [2.75, 3.05) is 0 Å². The first kappa shape index (κ1) is 9.96. The fourth-order valence-electron chi connectivity index (χ4n) is 1.26. The Balaban J connectivity index is 2.75. The van der Waals surface area contributed by atoms with Gasteiger partial charge in [0.2, 0.25) is 0 Å². The van der Waals surface area contributed by atoms with E-state index in [-0.39, 0.29) is 6.04 Å². The average molecular weight is 275 g/mol. The third kappa shape index (κ3) is 1.54. The summed E-state index contributed by atoms with van der Waals surface area (Å²) in [5, 5.41) is 0.631. The first-order valence-electron chi connectivity index (χ1n) is 4.19. The Labute approximate surface area is 94.8 Å². The van der Waals surface area contributed by atoms with Crippen LogP contribution in [0.25, 0.3) is 11.0 Å². The number of rotatable bonds is 1. The highest BCUT2D eigenvalue weighted by atomic mass is 79.9. The van der Waals surface area contributed by atoms with Crippen LogP contribution in [0.5, 0.6) is 0 Å². The molecule has 5 heteroatoms. The van der Waals surface area contributed by atoms with E-state index in [2.05, 4.69) is 25.9 Å². The molecular weight excluding hydrogens is 265 g/mol. The fraction of sp³-hybridized carbons (Fsp3) is 0.222. The third-order valence-electron chi connectivity index (χ3n) is 1.99. The molecule has 0 unspecified atom stereocenters. The number of H-pyrrole nitrogens is 1. The highest BCUT2D eigenvalue weighted by Gasteiger charge is 2.11. The van der Waals surface area contributed by atoms with E-state index < -0.39 is 0 Å². The Morgan fingerprint density at radius 1 is 1.57 bits per heavy atom. The minimum atomic E-state index is -0.120. The molecule has 0 spiro atoms. The topological polar surface area (TPSA) is 54.7 Å². The van der Waals surface area contributed by atoms with Gasteiger partial charge >= 0.3 is 0 Å². The van der Waals surface area contributed by atoms with E-state index in [1.165, 1.54) is 0 Å². The molecule has 74 valence electrons. The van der Waals surface area contributed by atoms with Crippen LogP contribution in [0.4, 0.5) is 0 Å². The number of halogens is 2. The van der Waals surface area contributed by atoms with Crippen LogP contribution in [0.3, 0.4) is 0 Å². The highest BCUT2D eigenvalue weighted by molar-refractivity contribution is 9.10. The summed E-state index contributed by atoms with van der Waals surface area (Å²) < 4.78 is 0.941. The van der Waals surface area contributed by atoms with Crippen LogP contribution in [0.15, 0.2) is 16.6 Å². The lowest BCUT2D eigenvalue weighted by atomic mass is 10.3. The van der Waals surface area contributed by atoms with Gasteiger partial charge in [0.15, 0.2) is 0 Å². The van der Waals surface area contributed by atoms with Gasteiger partial charge in [-0.1, -0.05) is 11.6 Å². The lowest BCUT2D eigenvalue weighted by molar-refractivity contribution is 0.760. The largest absolute Gasteiger partial charge is 0.340 e. The average Bonchev–Trinajstić information content (AvgIpc) is 2.57. The van der Waals surface area contributed by atoms with Gasteiger partial charge in [0.25, 0.3) is 0 Å². The predicted octanol–water partition coefficient (Wildman–Crippen LogP) is 3.00. The van der Waals surface area contributed by atoms with E-state index in [4.69, 9.17) is 17.3 Å². The zero-order valence-corrected chi connectivity index (χ0v) is 9.85. The van der Waals surface area contributed by atoms with Crippen LogP contribution in [0.2, 0.25) is 5.02 Å². The summed E-state index contributed by atoms with van der Waals surface area (Å²) in [5.74, 6) is 0.744. The van der Waals surface area contributed by atoms with Crippen LogP contribution in [0.1, 0.15) is 18.8 Å². The molecule has 3 nitrogen and oxygen atoms in total. The Hall–Kier alpha value is -0.580. The summed E-state index contributed by atoms with van der Waals surface area (Å²) in [6.07, 6.45) is 0. The van der Waals surface area contributed by atoms with Gasteiger partial charge in [0.05, 0.1) is 16.6 Å². The molecule has 0 saturated carbocycles. The Kier molecular flexibility index (Phi) is 2.51. The lowest BCUT2D eigenvalue weighted by Gasteiger charge is -1.96. The molecule has 1 aromatic heterocycles. The maximum Gasteiger partial charge on any atom is 0.124 e. The van der Waals surface area contributed by atoms with E-state index in [1.807, 2.05) is 13.0 Å². The molecule has 3 N–H and O–H groups in total. The van der Waals surface area contributed by atoms with Crippen molar-refractivity contribution < 1.29 is 0 Å². The van der Waals surface area contributed by atoms with Gasteiger partial charge in [-0.05, 0) is 35.0 Å². The van der Waals surface area contributed by atoms with Crippen molar-refractivity contribution in [2.24, 2.45) is 5.73 Å². The molecule has 2 aromatic rings. The predicted molar refractivity (Wildman–Crippen MR) is 61.4 cm³/mol. The van der Waals surface area contributed by atoms with Gasteiger partial charge in [0, 0.05) is 4.47 Å². The van der Waals surface area contributed by atoms with Crippen LogP contribution in [0, 0.1) is 0 Å². The van der Waals surface area contributed by atoms with E-state index in [0.29, 0.717) is 5.02 Å². The second-order valence-corrected chi connectivity index (χ2v) is 4.43. The molecule has 1 heterocycles. The molecule has 0 bridgehead atoms. The van der Waals surface area contributed by atoms with Crippen molar-refractivity contribution in [1.29, 1.82) is 0 Å². The number of aromatic nitrogens is 2. The van der Waals surface area contributed by atoms with Crippen LogP contribution in [-0.2, 0) is 0 Å². The first-order chi connectivity index (χ1) is 6.59. The minimum absolute atomic E-state index is 0.120. The van der Waals surface area contributed by atoms with Crippen molar-refractivity contribution in [1.82, 2.24) is 9.97 Å². The van der Waals surface area contributed by atoms with E-state index >= 15 is 0 Å². The molecule has 0 fully saturated rings. The number of fused-ring (bicyclic) bond motifs is 1. The molecule has 1 aromatic carbocycles. The van der Waals surface area contributed by atoms with E-state index in [1.54, 1.807) is 6.07 Å². The zero-order chi connectivity index (χ0) is 10.3.